The zero-order valence-electron chi connectivity index (χ0n) is 11.4. The molecule has 0 heterocycles. The molecular weight excluding hydrogens is 276 g/mol. The van der Waals surface area contributed by atoms with Gasteiger partial charge in [0.1, 0.15) is 5.75 Å². The Hall–Kier alpha value is -1.57. The van der Waals surface area contributed by atoms with E-state index in [0.29, 0.717) is 41.9 Å². The zero-order chi connectivity index (χ0) is 14.5. The van der Waals surface area contributed by atoms with Crippen LogP contribution < -0.4 is 4.74 Å². The highest BCUT2D eigenvalue weighted by atomic mass is 35.5. The Balaban J connectivity index is 2.02. The molecule has 1 aliphatic carbocycles. The number of nitriles is 1. The molecule has 106 valence electrons. The highest BCUT2D eigenvalue weighted by Crippen LogP contribution is 2.28. The molecule has 1 aromatic carbocycles. The monoisotopic (exact) mass is 292 g/mol. The van der Waals surface area contributed by atoms with Crippen molar-refractivity contribution in [2.24, 2.45) is 0 Å². The predicted molar refractivity (Wildman–Crippen MR) is 77.2 cm³/mol. The lowest BCUT2D eigenvalue weighted by molar-refractivity contribution is 0.0926. The Morgan fingerprint density at radius 3 is 2.85 bits per heavy atom. The molecule has 0 aromatic heterocycles. The maximum atomic E-state index is 12.3. The molecule has 5 heteroatoms. The third kappa shape index (κ3) is 3.72. The van der Waals surface area contributed by atoms with Crippen LogP contribution in [0.5, 0.6) is 5.75 Å². The van der Waals surface area contributed by atoms with Crippen molar-refractivity contribution in [3.8, 4) is 11.8 Å². The summed E-state index contributed by atoms with van der Waals surface area (Å²) in [6.45, 7) is 0.992. The van der Waals surface area contributed by atoms with E-state index in [1.165, 1.54) is 0 Å². The second kappa shape index (κ2) is 6.74. The summed E-state index contributed by atoms with van der Waals surface area (Å²) in [4.78, 5) is 14.4. The highest BCUT2D eigenvalue weighted by molar-refractivity contribution is 6.32. The molecule has 20 heavy (non-hydrogen) atoms. The molecule has 0 atom stereocenters. The molecule has 0 radical (unpaired) electrons. The Kier molecular flexibility index (Phi) is 4.99. The fourth-order valence-corrected chi connectivity index (χ4v) is 2.40. The molecule has 0 bridgehead atoms. The highest BCUT2D eigenvalue weighted by Gasteiger charge is 2.30. The number of hydrogen-bond donors (Lipinski definition) is 0. The van der Waals surface area contributed by atoms with Gasteiger partial charge in [0.15, 0.2) is 5.78 Å². The van der Waals surface area contributed by atoms with Crippen molar-refractivity contribution < 1.29 is 9.53 Å². The van der Waals surface area contributed by atoms with Gasteiger partial charge in [-0.2, -0.15) is 5.26 Å². The van der Waals surface area contributed by atoms with Gasteiger partial charge in [-0.3, -0.25) is 9.69 Å². The van der Waals surface area contributed by atoms with Gasteiger partial charge in [0.25, 0.3) is 0 Å². The van der Waals surface area contributed by atoms with E-state index in [4.69, 9.17) is 21.6 Å². The third-order valence-corrected chi connectivity index (χ3v) is 3.69. The first-order chi connectivity index (χ1) is 9.65. The van der Waals surface area contributed by atoms with Crippen LogP contribution in [-0.4, -0.2) is 36.9 Å². The van der Waals surface area contributed by atoms with Crippen LogP contribution in [0.3, 0.4) is 0 Å². The number of methoxy groups -OCH3 is 1. The van der Waals surface area contributed by atoms with Crippen molar-refractivity contribution in [3.63, 3.8) is 0 Å². The maximum Gasteiger partial charge on any atom is 0.176 e. The van der Waals surface area contributed by atoms with E-state index in [0.717, 1.165) is 12.8 Å². The number of rotatable bonds is 7. The Morgan fingerprint density at radius 1 is 1.55 bits per heavy atom. The molecule has 0 aliphatic heterocycles. The topological polar surface area (TPSA) is 53.3 Å². The van der Waals surface area contributed by atoms with Gasteiger partial charge in [-0.25, -0.2) is 0 Å². The molecular formula is C15H17ClN2O2. The molecule has 2 rings (SSSR count). The lowest BCUT2D eigenvalue weighted by Gasteiger charge is -2.19. The van der Waals surface area contributed by atoms with Crippen LogP contribution in [0, 0.1) is 11.3 Å². The van der Waals surface area contributed by atoms with Gasteiger partial charge >= 0.3 is 0 Å². The van der Waals surface area contributed by atoms with E-state index in [1.807, 2.05) is 0 Å². The summed E-state index contributed by atoms with van der Waals surface area (Å²) >= 11 is 6.03. The van der Waals surface area contributed by atoms with E-state index < -0.39 is 0 Å². The van der Waals surface area contributed by atoms with Crippen LogP contribution in [0.15, 0.2) is 18.2 Å². The van der Waals surface area contributed by atoms with Gasteiger partial charge in [0.05, 0.1) is 24.7 Å². The molecule has 0 saturated heterocycles. The molecule has 0 unspecified atom stereocenters. The van der Waals surface area contributed by atoms with Crippen molar-refractivity contribution in [3.05, 3.63) is 28.8 Å². The maximum absolute atomic E-state index is 12.3. The minimum atomic E-state index is 0.0272. The van der Waals surface area contributed by atoms with E-state index >= 15 is 0 Å². The second-order valence-corrected chi connectivity index (χ2v) is 5.29. The molecule has 0 spiro atoms. The molecule has 1 aromatic rings. The molecule has 1 aliphatic rings. The number of benzene rings is 1. The van der Waals surface area contributed by atoms with Crippen molar-refractivity contribution in [2.75, 3.05) is 20.2 Å². The molecule has 1 fully saturated rings. The number of hydrogen-bond acceptors (Lipinski definition) is 4. The summed E-state index contributed by atoms with van der Waals surface area (Å²) in [5.74, 6) is 0.589. The summed E-state index contributed by atoms with van der Waals surface area (Å²) < 4.78 is 5.07. The Labute approximate surface area is 123 Å². The molecule has 1 saturated carbocycles. The first-order valence-corrected chi connectivity index (χ1v) is 7.01. The third-order valence-electron chi connectivity index (χ3n) is 3.39. The van der Waals surface area contributed by atoms with Crippen LogP contribution in [0.1, 0.15) is 29.6 Å². The summed E-state index contributed by atoms with van der Waals surface area (Å²) in [7, 11) is 1.54. The van der Waals surface area contributed by atoms with Crippen LogP contribution in [-0.2, 0) is 0 Å². The number of ether oxygens (including phenoxy) is 1. The smallest absolute Gasteiger partial charge is 0.176 e. The standard InChI is InChI=1S/C15H17ClN2O2/c1-20-15-6-3-11(9-13(15)16)14(19)10-18(8-2-7-17)12-4-5-12/h3,6,9,12H,2,4-5,8,10H2,1H3. The number of Topliss-reactive ketones (excluding diaryl/α,β-unsaturated/α-hetero) is 1. The number of ketones is 1. The van der Waals surface area contributed by atoms with Gasteiger partial charge in [-0.1, -0.05) is 11.6 Å². The number of halogens is 1. The fraction of sp³-hybridized carbons (Fsp3) is 0.467. The molecule has 0 N–H and O–H groups in total. The van der Waals surface area contributed by atoms with Crippen LogP contribution in [0.2, 0.25) is 5.02 Å². The van der Waals surface area contributed by atoms with Crippen LogP contribution in [0.4, 0.5) is 0 Å². The van der Waals surface area contributed by atoms with Crippen molar-refractivity contribution in [2.45, 2.75) is 25.3 Å². The summed E-state index contributed by atoms with van der Waals surface area (Å²) in [6, 6.07) is 7.65. The predicted octanol–water partition coefficient (Wildman–Crippen LogP) is 2.91. The van der Waals surface area contributed by atoms with Crippen LogP contribution >= 0.6 is 11.6 Å². The minimum absolute atomic E-state index is 0.0272. The van der Waals surface area contributed by atoms with Crippen molar-refractivity contribution in [1.82, 2.24) is 4.90 Å². The van der Waals surface area contributed by atoms with Gasteiger partial charge in [-0.05, 0) is 31.0 Å². The Morgan fingerprint density at radius 2 is 2.30 bits per heavy atom. The first kappa shape index (κ1) is 14.8. The molecule has 4 nitrogen and oxygen atoms in total. The lowest BCUT2D eigenvalue weighted by Crippen LogP contribution is -2.32. The number of nitrogens with zero attached hydrogens (tertiary/aromatic N) is 2. The normalized spacial score (nSPS) is 14.1. The van der Waals surface area contributed by atoms with E-state index in [-0.39, 0.29) is 5.78 Å². The van der Waals surface area contributed by atoms with Gasteiger partial charge in [-0.15, -0.1) is 0 Å². The minimum Gasteiger partial charge on any atom is -0.495 e. The van der Waals surface area contributed by atoms with Gasteiger partial charge in [0.2, 0.25) is 0 Å². The van der Waals surface area contributed by atoms with E-state index in [9.17, 15) is 4.79 Å². The average molecular weight is 293 g/mol. The summed E-state index contributed by atoms with van der Waals surface area (Å²) in [5.41, 5.74) is 0.582. The first-order valence-electron chi connectivity index (χ1n) is 6.63. The fourth-order valence-electron chi connectivity index (χ4n) is 2.14. The largest absolute Gasteiger partial charge is 0.495 e. The van der Waals surface area contributed by atoms with Gasteiger partial charge in [0, 0.05) is 24.6 Å². The van der Waals surface area contributed by atoms with E-state index in [2.05, 4.69) is 11.0 Å². The van der Waals surface area contributed by atoms with E-state index in [1.54, 1.807) is 25.3 Å². The second-order valence-electron chi connectivity index (χ2n) is 4.88. The average Bonchev–Trinajstić information content (AvgIpc) is 3.27. The zero-order valence-corrected chi connectivity index (χ0v) is 12.2. The van der Waals surface area contributed by atoms with Crippen molar-refractivity contribution in [1.29, 1.82) is 5.26 Å². The van der Waals surface area contributed by atoms with Crippen molar-refractivity contribution >= 4 is 17.4 Å². The molecule has 0 amide bonds. The van der Waals surface area contributed by atoms with Gasteiger partial charge < -0.3 is 4.74 Å². The SMILES string of the molecule is COc1ccc(C(=O)CN(CCC#N)C2CC2)cc1Cl. The summed E-state index contributed by atoms with van der Waals surface area (Å²) in [5, 5.41) is 9.11. The Bertz CT molecular complexity index is 535. The van der Waals surface area contributed by atoms with Crippen LogP contribution in [0.25, 0.3) is 0 Å². The number of carbonyl (C=O) groups excluding carboxylic acids is 1. The quantitative estimate of drug-likeness (QED) is 0.725. The number of carbonyl (C=O) groups is 1. The lowest BCUT2D eigenvalue weighted by atomic mass is 10.1. The summed E-state index contributed by atoms with van der Waals surface area (Å²) in [6.07, 6.45) is 2.68.